The van der Waals surface area contributed by atoms with E-state index in [1.165, 1.54) is 21.6 Å². The normalized spacial score (nSPS) is 15.5. The summed E-state index contributed by atoms with van der Waals surface area (Å²) in [5.41, 5.74) is 0. The summed E-state index contributed by atoms with van der Waals surface area (Å²) in [6.07, 6.45) is 0.800. The molecule has 0 aromatic rings. The Morgan fingerprint density at radius 1 is 0.632 bits per heavy atom. The van der Waals surface area contributed by atoms with Gasteiger partial charge in [0.15, 0.2) is 5.78 Å². The largest absolute Gasteiger partial charge is 0.343 e. The molecule has 2 N–H and O–H groups in total. The third-order valence-corrected chi connectivity index (χ3v) is 6.96. The van der Waals surface area contributed by atoms with Gasteiger partial charge in [0.2, 0.25) is 23.6 Å². The monoisotopic (exact) mass is 539 g/mol. The van der Waals surface area contributed by atoms with Gasteiger partial charge >= 0.3 is 0 Å². The van der Waals surface area contributed by atoms with Crippen molar-refractivity contribution in [1.82, 2.24) is 25.3 Å². The Bertz CT molecular complexity index is 828. The predicted molar refractivity (Wildman–Crippen MR) is 150 cm³/mol. The first-order valence-electron chi connectivity index (χ1n) is 13.7. The molecule has 0 aromatic heterocycles. The molecule has 0 saturated heterocycles. The molecule has 0 spiro atoms. The number of amides is 4. The number of nitrogens with one attached hydrogen (secondary N) is 2. The van der Waals surface area contributed by atoms with Gasteiger partial charge in [0.05, 0.1) is 12.1 Å². The van der Waals surface area contributed by atoms with Crippen LogP contribution in [0.5, 0.6) is 0 Å². The Labute approximate surface area is 230 Å². The summed E-state index contributed by atoms with van der Waals surface area (Å²) in [5, 5.41) is 5.53. The molecule has 0 saturated carbocycles. The highest BCUT2D eigenvalue weighted by Crippen LogP contribution is 2.21. The van der Waals surface area contributed by atoms with Crippen LogP contribution in [0.1, 0.15) is 75.2 Å². The third-order valence-electron chi connectivity index (χ3n) is 6.96. The Morgan fingerprint density at radius 2 is 1.03 bits per heavy atom. The average molecular weight is 540 g/mol. The number of Topliss-reactive ketones (excluding diaryl/α,β-unsaturated/α-hetero) is 1. The van der Waals surface area contributed by atoms with E-state index in [0.29, 0.717) is 12.8 Å². The molecule has 0 rings (SSSR count). The van der Waals surface area contributed by atoms with Crippen LogP contribution in [0.25, 0.3) is 0 Å². The van der Waals surface area contributed by atoms with Crippen LogP contribution in [0.3, 0.4) is 0 Å². The van der Waals surface area contributed by atoms with Crippen molar-refractivity contribution in [3.05, 3.63) is 0 Å². The summed E-state index contributed by atoms with van der Waals surface area (Å²) in [5.74, 6) is -1.37. The van der Waals surface area contributed by atoms with E-state index in [4.69, 9.17) is 0 Å². The fraction of sp³-hybridized carbons (Fsp3) is 0.821. The van der Waals surface area contributed by atoms with Crippen molar-refractivity contribution in [3.8, 4) is 0 Å². The minimum Gasteiger partial charge on any atom is -0.343 e. The van der Waals surface area contributed by atoms with E-state index in [1.54, 1.807) is 42.0 Å². The number of likely N-dealkylation sites (N-methyl/N-ethyl adjacent to an activating group) is 4. The Hall–Kier alpha value is -2.49. The molecule has 220 valence electrons. The van der Waals surface area contributed by atoms with E-state index in [2.05, 4.69) is 10.6 Å². The van der Waals surface area contributed by atoms with Crippen molar-refractivity contribution in [3.63, 3.8) is 0 Å². The summed E-state index contributed by atoms with van der Waals surface area (Å²) in [7, 11) is 6.41. The highest BCUT2D eigenvalue weighted by molar-refractivity contribution is 5.95. The molecule has 5 atom stereocenters. The molecule has 0 heterocycles. The Kier molecular flexibility index (Phi) is 14.8. The van der Waals surface area contributed by atoms with Crippen LogP contribution in [0.4, 0.5) is 0 Å². The van der Waals surface area contributed by atoms with Crippen LogP contribution in [-0.2, 0) is 24.0 Å². The number of hydrogen-bond donors (Lipinski definition) is 2. The molecule has 0 aliphatic heterocycles. The summed E-state index contributed by atoms with van der Waals surface area (Å²) in [6.45, 7) is 16.4. The molecule has 0 radical (unpaired) electrons. The zero-order chi connectivity index (χ0) is 30.1. The van der Waals surface area contributed by atoms with Gasteiger partial charge in [0.25, 0.3) is 0 Å². The lowest BCUT2D eigenvalue weighted by molar-refractivity contribution is -0.153. The average Bonchev–Trinajstić information content (AvgIpc) is 2.82. The zero-order valence-corrected chi connectivity index (χ0v) is 25.9. The second-order valence-electron chi connectivity index (χ2n) is 11.7. The maximum Gasteiger partial charge on any atom is 0.245 e. The second-order valence-corrected chi connectivity index (χ2v) is 11.7. The molecule has 10 heteroatoms. The van der Waals surface area contributed by atoms with Gasteiger partial charge in [-0.05, 0) is 58.4 Å². The molecular formula is C28H53N5O5. The smallest absolute Gasteiger partial charge is 0.245 e. The minimum absolute atomic E-state index is 0.0815. The van der Waals surface area contributed by atoms with Crippen molar-refractivity contribution in [2.45, 2.75) is 105 Å². The molecule has 38 heavy (non-hydrogen) atoms. The van der Waals surface area contributed by atoms with Crippen LogP contribution in [-0.4, -0.2) is 103 Å². The molecule has 0 aromatic carbocycles. The van der Waals surface area contributed by atoms with Crippen molar-refractivity contribution in [2.24, 2.45) is 17.8 Å². The quantitative estimate of drug-likeness (QED) is 0.328. The maximum absolute atomic E-state index is 13.9. The standard InChI is InChI=1S/C28H53N5O5/c1-16(2)14-22(31(11)26(36)20(8)30-25(35)19(7)29-10)27(37)32(12)23(15-17(3)4)28(38)33(13)24(18(5)6)21(9)34/h16-20,22-24,29H,14-15H2,1-13H3,(H,30,35)/t19-,20+,22-,23-,24-/m0/s1. The Balaban J connectivity index is 6.15. The van der Waals surface area contributed by atoms with E-state index in [9.17, 15) is 24.0 Å². The van der Waals surface area contributed by atoms with Gasteiger partial charge in [0.1, 0.15) is 18.1 Å². The highest BCUT2D eigenvalue weighted by Gasteiger charge is 2.39. The first-order valence-corrected chi connectivity index (χ1v) is 13.7. The fourth-order valence-corrected chi connectivity index (χ4v) is 4.68. The van der Waals surface area contributed by atoms with Crippen LogP contribution < -0.4 is 10.6 Å². The number of nitrogens with zero attached hydrogens (tertiary/aromatic N) is 3. The van der Waals surface area contributed by atoms with Crippen LogP contribution in [0, 0.1) is 17.8 Å². The van der Waals surface area contributed by atoms with Gasteiger partial charge < -0.3 is 25.3 Å². The number of ketones is 1. The lowest BCUT2D eigenvalue weighted by atomic mass is 9.95. The molecular weight excluding hydrogens is 486 g/mol. The molecule has 0 unspecified atom stereocenters. The molecule has 0 fully saturated rings. The topological polar surface area (TPSA) is 119 Å². The molecule has 0 aliphatic rings. The number of rotatable bonds is 15. The van der Waals surface area contributed by atoms with Crippen molar-refractivity contribution < 1.29 is 24.0 Å². The minimum atomic E-state index is -0.835. The van der Waals surface area contributed by atoms with Crippen molar-refractivity contribution in [2.75, 3.05) is 28.2 Å². The lowest BCUT2D eigenvalue weighted by Gasteiger charge is -2.39. The first kappa shape index (κ1) is 35.5. The van der Waals surface area contributed by atoms with Crippen LogP contribution >= 0.6 is 0 Å². The van der Waals surface area contributed by atoms with E-state index in [1.807, 2.05) is 41.5 Å². The summed E-state index contributed by atoms with van der Waals surface area (Å²) in [6, 6.07) is -3.52. The third kappa shape index (κ3) is 10.0. The SMILES string of the molecule is CN[C@@H](C)C(=O)N[C@H](C)C(=O)N(C)[C@@H](CC(C)C)C(=O)N(C)[C@@H](CC(C)C)C(=O)N(C)[C@H](C(C)=O)C(C)C. The van der Waals surface area contributed by atoms with Gasteiger partial charge in [0, 0.05) is 21.1 Å². The van der Waals surface area contributed by atoms with Gasteiger partial charge in [-0.3, -0.25) is 24.0 Å². The molecule has 0 bridgehead atoms. The number of carbonyl (C=O) groups is 5. The lowest BCUT2D eigenvalue weighted by Crippen LogP contribution is -2.59. The summed E-state index contributed by atoms with van der Waals surface area (Å²) >= 11 is 0. The van der Waals surface area contributed by atoms with Crippen molar-refractivity contribution >= 4 is 29.4 Å². The fourth-order valence-electron chi connectivity index (χ4n) is 4.68. The molecule has 10 nitrogen and oxygen atoms in total. The van der Waals surface area contributed by atoms with Gasteiger partial charge in [-0.2, -0.15) is 0 Å². The second kappa shape index (κ2) is 15.8. The summed E-state index contributed by atoms with van der Waals surface area (Å²) < 4.78 is 0. The Morgan fingerprint density at radius 3 is 1.37 bits per heavy atom. The van der Waals surface area contributed by atoms with Gasteiger partial charge in [-0.1, -0.05) is 41.5 Å². The van der Waals surface area contributed by atoms with Crippen LogP contribution in [0.2, 0.25) is 0 Å². The summed E-state index contributed by atoms with van der Waals surface area (Å²) in [4.78, 5) is 69.8. The number of carbonyl (C=O) groups excluding carboxylic acids is 5. The number of hydrogen-bond acceptors (Lipinski definition) is 6. The highest BCUT2D eigenvalue weighted by atomic mass is 16.2. The van der Waals surface area contributed by atoms with Gasteiger partial charge in [-0.15, -0.1) is 0 Å². The first-order chi connectivity index (χ1) is 17.4. The zero-order valence-electron chi connectivity index (χ0n) is 25.9. The van der Waals surface area contributed by atoms with Crippen molar-refractivity contribution in [1.29, 1.82) is 0 Å². The predicted octanol–water partition coefficient (Wildman–Crippen LogP) is 1.92. The maximum atomic E-state index is 13.9. The van der Waals surface area contributed by atoms with E-state index in [0.717, 1.165) is 0 Å². The van der Waals surface area contributed by atoms with E-state index < -0.39 is 36.1 Å². The van der Waals surface area contributed by atoms with E-state index in [-0.39, 0.29) is 41.3 Å². The molecule has 0 aliphatic carbocycles. The van der Waals surface area contributed by atoms with Gasteiger partial charge in [-0.25, -0.2) is 0 Å². The van der Waals surface area contributed by atoms with E-state index >= 15 is 0 Å². The van der Waals surface area contributed by atoms with Crippen LogP contribution in [0.15, 0.2) is 0 Å². The molecule has 4 amide bonds.